The lowest BCUT2D eigenvalue weighted by Gasteiger charge is -2.08. The molecule has 0 heterocycles. The lowest BCUT2D eigenvalue weighted by Crippen LogP contribution is -2.11. The Balaban J connectivity index is 2.25. The number of phenols is 2. The van der Waals surface area contributed by atoms with Crippen molar-refractivity contribution in [2.75, 3.05) is 5.32 Å². The summed E-state index contributed by atoms with van der Waals surface area (Å²) >= 11 is 13.5. The molecular weight excluding hydrogens is 416 g/mol. The molecule has 0 aliphatic rings. The highest BCUT2D eigenvalue weighted by Gasteiger charge is 2.11. The Morgan fingerprint density at radius 2 is 1.70 bits per heavy atom. The van der Waals surface area contributed by atoms with Gasteiger partial charge >= 0.3 is 0 Å². The van der Waals surface area contributed by atoms with Crippen LogP contribution in [-0.2, 0) is 0 Å². The van der Waals surface area contributed by atoms with E-state index in [1.807, 2.05) is 22.6 Å². The maximum atomic E-state index is 12.0. The van der Waals surface area contributed by atoms with Gasteiger partial charge in [-0.05, 0) is 52.9 Å². The van der Waals surface area contributed by atoms with E-state index in [4.69, 9.17) is 23.2 Å². The summed E-state index contributed by atoms with van der Waals surface area (Å²) in [5.41, 5.74) is 0.643. The Hall–Kier alpha value is -1.18. The fourth-order valence-electron chi connectivity index (χ4n) is 1.49. The second kappa shape index (κ2) is 6.07. The molecule has 104 valence electrons. The van der Waals surface area contributed by atoms with E-state index in [0.717, 1.165) is 0 Å². The van der Waals surface area contributed by atoms with E-state index < -0.39 is 5.91 Å². The van der Waals surface area contributed by atoms with Crippen LogP contribution in [-0.4, -0.2) is 16.1 Å². The maximum Gasteiger partial charge on any atom is 0.255 e. The molecule has 0 aromatic heterocycles. The molecule has 7 heteroatoms. The molecule has 20 heavy (non-hydrogen) atoms. The third-order valence-electron chi connectivity index (χ3n) is 2.48. The molecule has 0 saturated heterocycles. The van der Waals surface area contributed by atoms with Gasteiger partial charge in [-0.2, -0.15) is 0 Å². The molecule has 4 nitrogen and oxygen atoms in total. The number of amides is 1. The predicted molar refractivity (Wildman–Crippen MR) is 86.9 cm³/mol. The Morgan fingerprint density at radius 3 is 2.25 bits per heavy atom. The standard InChI is InChI=1S/C13H8Cl2INO3/c14-8-4-7(5-9(15)12(8)19)17-13(20)6-1-2-10(16)11(18)3-6/h1-5,18-19H,(H,17,20). The zero-order valence-corrected chi connectivity index (χ0v) is 13.5. The van der Waals surface area contributed by atoms with Gasteiger partial charge in [0.2, 0.25) is 0 Å². The molecule has 0 aliphatic heterocycles. The molecule has 1 amide bonds. The molecule has 2 aromatic carbocycles. The molecular formula is C13H8Cl2INO3. The summed E-state index contributed by atoms with van der Waals surface area (Å²) < 4.78 is 0.648. The highest BCUT2D eigenvalue weighted by Crippen LogP contribution is 2.34. The quantitative estimate of drug-likeness (QED) is 0.499. The second-order valence-electron chi connectivity index (χ2n) is 3.91. The minimum atomic E-state index is -0.422. The molecule has 0 radical (unpaired) electrons. The molecule has 0 spiro atoms. The van der Waals surface area contributed by atoms with Crippen LogP contribution in [0.25, 0.3) is 0 Å². The molecule has 0 unspecified atom stereocenters. The van der Waals surface area contributed by atoms with Crippen molar-refractivity contribution in [1.29, 1.82) is 0 Å². The summed E-state index contributed by atoms with van der Waals surface area (Å²) in [6.07, 6.45) is 0. The van der Waals surface area contributed by atoms with Crippen molar-refractivity contribution >= 4 is 57.4 Å². The van der Waals surface area contributed by atoms with Crippen molar-refractivity contribution in [2.24, 2.45) is 0 Å². The van der Waals surface area contributed by atoms with E-state index >= 15 is 0 Å². The van der Waals surface area contributed by atoms with Gasteiger partial charge in [-0.25, -0.2) is 0 Å². The minimum absolute atomic E-state index is 0.0278. The number of halogens is 3. The molecule has 0 fully saturated rings. The molecule has 0 bridgehead atoms. The van der Waals surface area contributed by atoms with Gasteiger partial charge in [-0.15, -0.1) is 0 Å². The average Bonchev–Trinajstić information content (AvgIpc) is 2.39. The smallest absolute Gasteiger partial charge is 0.255 e. The topological polar surface area (TPSA) is 69.6 Å². The number of carbonyl (C=O) groups excluding carboxylic acids is 1. The summed E-state index contributed by atoms with van der Waals surface area (Å²) in [6.45, 7) is 0. The van der Waals surface area contributed by atoms with E-state index in [1.54, 1.807) is 12.1 Å². The number of carbonyl (C=O) groups is 1. The van der Waals surface area contributed by atoms with Gasteiger partial charge in [0.05, 0.1) is 13.6 Å². The SMILES string of the molecule is O=C(Nc1cc(Cl)c(O)c(Cl)c1)c1ccc(I)c(O)c1. The minimum Gasteiger partial charge on any atom is -0.507 e. The Morgan fingerprint density at radius 1 is 1.10 bits per heavy atom. The highest BCUT2D eigenvalue weighted by atomic mass is 127. The average molecular weight is 424 g/mol. The molecule has 0 atom stereocenters. The summed E-state index contributed by atoms with van der Waals surface area (Å²) in [4.78, 5) is 12.0. The van der Waals surface area contributed by atoms with E-state index in [1.165, 1.54) is 18.2 Å². The molecule has 2 rings (SSSR count). The Kier molecular flexibility index (Phi) is 4.62. The highest BCUT2D eigenvalue weighted by molar-refractivity contribution is 14.1. The van der Waals surface area contributed by atoms with Crippen LogP contribution in [0.2, 0.25) is 10.0 Å². The molecule has 2 aromatic rings. The summed E-state index contributed by atoms with van der Waals surface area (Å²) in [5.74, 6) is -0.632. The van der Waals surface area contributed by atoms with E-state index in [9.17, 15) is 15.0 Å². The van der Waals surface area contributed by atoms with E-state index in [2.05, 4.69) is 5.32 Å². The van der Waals surface area contributed by atoms with Crippen molar-refractivity contribution in [3.05, 3.63) is 49.5 Å². The predicted octanol–water partition coefficient (Wildman–Crippen LogP) is 4.26. The van der Waals surface area contributed by atoms with Crippen LogP contribution >= 0.6 is 45.8 Å². The van der Waals surface area contributed by atoms with Crippen molar-refractivity contribution in [3.8, 4) is 11.5 Å². The first kappa shape index (κ1) is 15.2. The lowest BCUT2D eigenvalue weighted by atomic mass is 10.2. The first-order valence-electron chi connectivity index (χ1n) is 5.36. The Labute approximate surface area is 138 Å². The number of benzene rings is 2. The number of anilines is 1. The number of hydrogen-bond acceptors (Lipinski definition) is 3. The van der Waals surface area contributed by atoms with Crippen molar-refractivity contribution in [2.45, 2.75) is 0 Å². The zero-order chi connectivity index (χ0) is 14.9. The van der Waals surface area contributed by atoms with Gasteiger partial charge in [-0.1, -0.05) is 23.2 Å². The van der Waals surface area contributed by atoms with Gasteiger partial charge < -0.3 is 15.5 Å². The number of phenolic OH excluding ortho intramolecular Hbond substituents is 2. The van der Waals surface area contributed by atoms with Gasteiger partial charge in [0.25, 0.3) is 5.91 Å². The van der Waals surface area contributed by atoms with Gasteiger partial charge in [-0.3, -0.25) is 4.79 Å². The zero-order valence-electron chi connectivity index (χ0n) is 9.82. The fourth-order valence-corrected chi connectivity index (χ4v) is 2.32. The van der Waals surface area contributed by atoms with Crippen LogP contribution in [0.1, 0.15) is 10.4 Å². The number of aromatic hydroxyl groups is 2. The van der Waals surface area contributed by atoms with Gasteiger partial charge in [0, 0.05) is 11.3 Å². The van der Waals surface area contributed by atoms with Crippen LogP contribution in [0.15, 0.2) is 30.3 Å². The molecule has 0 aliphatic carbocycles. The van der Waals surface area contributed by atoms with Crippen molar-refractivity contribution in [1.82, 2.24) is 0 Å². The first-order valence-corrected chi connectivity index (χ1v) is 7.20. The second-order valence-corrected chi connectivity index (χ2v) is 5.89. The van der Waals surface area contributed by atoms with Crippen LogP contribution in [0, 0.1) is 3.57 Å². The molecule has 3 N–H and O–H groups in total. The lowest BCUT2D eigenvalue weighted by molar-refractivity contribution is 0.102. The van der Waals surface area contributed by atoms with Crippen molar-refractivity contribution < 1.29 is 15.0 Å². The third-order valence-corrected chi connectivity index (χ3v) is 3.97. The van der Waals surface area contributed by atoms with Crippen LogP contribution < -0.4 is 5.32 Å². The number of hydrogen-bond donors (Lipinski definition) is 3. The van der Waals surface area contributed by atoms with Crippen LogP contribution in [0.4, 0.5) is 5.69 Å². The summed E-state index contributed by atoms with van der Waals surface area (Å²) in [5, 5.41) is 21.7. The number of rotatable bonds is 2. The van der Waals surface area contributed by atoms with Crippen molar-refractivity contribution in [3.63, 3.8) is 0 Å². The molecule has 0 saturated carbocycles. The third kappa shape index (κ3) is 3.28. The monoisotopic (exact) mass is 423 g/mol. The first-order chi connectivity index (χ1) is 9.38. The van der Waals surface area contributed by atoms with Crippen LogP contribution in [0.5, 0.6) is 11.5 Å². The number of nitrogens with one attached hydrogen (secondary N) is 1. The van der Waals surface area contributed by atoms with E-state index in [-0.39, 0.29) is 21.5 Å². The fraction of sp³-hybridized carbons (Fsp3) is 0. The summed E-state index contributed by atoms with van der Waals surface area (Å²) in [6, 6.07) is 7.34. The normalized spacial score (nSPS) is 10.3. The van der Waals surface area contributed by atoms with Gasteiger partial charge in [0.15, 0.2) is 5.75 Å². The van der Waals surface area contributed by atoms with Crippen LogP contribution in [0.3, 0.4) is 0 Å². The summed E-state index contributed by atoms with van der Waals surface area (Å²) in [7, 11) is 0. The largest absolute Gasteiger partial charge is 0.507 e. The van der Waals surface area contributed by atoms with Gasteiger partial charge in [0.1, 0.15) is 5.75 Å². The maximum absolute atomic E-state index is 12.0. The Bertz CT molecular complexity index is 668. The van der Waals surface area contributed by atoms with E-state index in [0.29, 0.717) is 14.8 Å².